The standard InChI is InChI=1S/C13H14N2O3/c1-9-5-10(2)7-11(6-9)18-8-15-4-3-12(14-15)13(16)17/h3-7H,8H2,1-2H3,(H,16,17). The first kappa shape index (κ1) is 12.2. The third-order valence-electron chi connectivity index (χ3n) is 2.42. The van der Waals surface area contributed by atoms with Crippen LogP contribution in [0.5, 0.6) is 5.75 Å². The second-order valence-corrected chi connectivity index (χ2v) is 4.14. The number of aromatic nitrogens is 2. The summed E-state index contributed by atoms with van der Waals surface area (Å²) in [5.41, 5.74) is 2.26. The zero-order valence-electron chi connectivity index (χ0n) is 10.3. The topological polar surface area (TPSA) is 64.3 Å². The van der Waals surface area contributed by atoms with Crippen LogP contribution < -0.4 is 4.74 Å². The Hall–Kier alpha value is -2.30. The molecule has 1 aromatic heterocycles. The molecule has 0 amide bonds. The summed E-state index contributed by atoms with van der Waals surface area (Å²) in [6, 6.07) is 7.35. The molecule has 0 unspecified atom stereocenters. The number of rotatable bonds is 4. The van der Waals surface area contributed by atoms with E-state index in [4.69, 9.17) is 9.84 Å². The number of hydrogen-bond donors (Lipinski definition) is 1. The Labute approximate surface area is 105 Å². The number of ether oxygens (including phenoxy) is 1. The van der Waals surface area contributed by atoms with E-state index in [1.807, 2.05) is 26.0 Å². The average Bonchev–Trinajstić information content (AvgIpc) is 2.73. The predicted molar refractivity (Wildman–Crippen MR) is 65.7 cm³/mol. The second kappa shape index (κ2) is 4.91. The van der Waals surface area contributed by atoms with Crippen LogP contribution in [0, 0.1) is 13.8 Å². The lowest BCUT2D eigenvalue weighted by Crippen LogP contribution is -2.07. The molecule has 0 aliphatic heterocycles. The first-order chi connectivity index (χ1) is 8.54. The van der Waals surface area contributed by atoms with Gasteiger partial charge in [-0.2, -0.15) is 5.10 Å². The minimum atomic E-state index is -1.04. The highest BCUT2D eigenvalue weighted by Gasteiger charge is 2.06. The fraction of sp³-hybridized carbons (Fsp3) is 0.231. The van der Waals surface area contributed by atoms with Crippen molar-refractivity contribution >= 4 is 5.97 Å². The summed E-state index contributed by atoms with van der Waals surface area (Å²) in [5.74, 6) is -0.292. The molecule has 0 fully saturated rings. The lowest BCUT2D eigenvalue weighted by molar-refractivity contribution is 0.0688. The van der Waals surface area contributed by atoms with Crippen LogP contribution in [0.3, 0.4) is 0 Å². The maximum absolute atomic E-state index is 10.7. The van der Waals surface area contributed by atoms with Gasteiger partial charge in [-0.15, -0.1) is 0 Å². The van der Waals surface area contributed by atoms with Gasteiger partial charge in [0.2, 0.25) is 0 Å². The Balaban J connectivity index is 2.04. The zero-order chi connectivity index (χ0) is 13.1. The van der Waals surface area contributed by atoms with Gasteiger partial charge in [0.05, 0.1) is 0 Å². The van der Waals surface area contributed by atoms with Crippen LogP contribution in [-0.2, 0) is 6.73 Å². The largest absolute Gasteiger partial charge is 0.476 e. The molecule has 2 aromatic rings. The Bertz CT molecular complexity index is 555. The number of carboxylic acid groups (broad SMARTS) is 1. The molecule has 1 aromatic carbocycles. The molecule has 1 heterocycles. The van der Waals surface area contributed by atoms with Gasteiger partial charge >= 0.3 is 5.97 Å². The first-order valence-corrected chi connectivity index (χ1v) is 5.52. The summed E-state index contributed by atoms with van der Waals surface area (Å²) in [4.78, 5) is 10.7. The summed E-state index contributed by atoms with van der Waals surface area (Å²) in [7, 11) is 0. The van der Waals surface area contributed by atoms with Gasteiger partial charge in [-0.1, -0.05) is 6.07 Å². The Morgan fingerprint density at radius 1 is 1.33 bits per heavy atom. The van der Waals surface area contributed by atoms with Crippen molar-refractivity contribution in [1.29, 1.82) is 0 Å². The van der Waals surface area contributed by atoms with E-state index in [0.29, 0.717) is 0 Å². The Morgan fingerprint density at radius 2 is 2.00 bits per heavy atom. The number of nitrogens with zero attached hydrogens (tertiary/aromatic N) is 2. The lowest BCUT2D eigenvalue weighted by atomic mass is 10.1. The molecular weight excluding hydrogens is 232 g/mol. The highest BCUT2D eigenvalue weighted by atomic mass is 16.5. The fourth-order valence-electron chi connectivity index (χ4n) is 1.70. The van der Waals surface area contributed by atoms with Gasteiger partial charge in [-0.25, -0.2) is 9.48 Å². The van der Waals surface area contributed by atoms with E-state index >= 15 is 0 Å². The van der Waals surface area contributed by atoms with Gasteiger partial charge in [0.15, 0.2) is 12.4 Å². The molecule has 0 saturated carbocycles. The lowest BCUT2D eigenvalue weighted by Gasteiger charge is -2.08. The smallest absolute Gasteiger partial charge is 0.356 e. The molecule has 1 N–H and O–H groups in total. The van der Waals surface area contributed by atoms with Crippen LogP contribution in [0.15, 0.2) is 30.5 Å². The van der Waals surface area contributed by atoms with Gasteiger partial charge in [-0.05, 0) is 43.2 Å². The van der Waals surface area contributed by atoms with Crippen LogP contribution in [0.4, 0.5) is 0 Å². The van der Waals surface area contributed by atoms with E-state index in [1.165, 1.54) is 10.7 Å². The minimum absolute atomic E-state index is 0.0130. The monoisotopic (exact) mass is 246 g/mol. The van der Waals surface area contributed by atoms with E-state index in [2.05, 4.69) is 11.2 Å². The number of aryl methyl sites for hydroxylation is 2. The van der Waals surface area contributed by atoms with Crippen molar-refractivity contribution in [3.8, 4) is 5.75 Å². The molecule has 94 valence electrons. The van der Waals surface area contributed by atoms with E-state index in [1.54, 1.807) is 6.20 Å². The van der Waals surface area contributed by atoms with Crippen LogP contribution in [0.1, 0.15) is 21.6 Å². The maximum Gasteiger partial charge on any atom is 0.356 e. The zero-order valence-corrected chi connectivity index (χ0v) is 10.3. The number of carboxylic acids is 1. The third kappa shape index (κ3) is 2.88. The van der Waals surface area contributed by atoms with Gasteiger partial charge in [0.1, 0.15) is 5.75 Å². The van der Waals surface area contributed by atoms with Gasteiger partial charge in [0.25, 0.3) is 0 Å². The van der Waals surface area contributed by atoms with Crippen molar-refractivity contribution < 1.29 is 14.6 Å². The fourth-order valence-corrected chi connectivity index (χ4v) is 1.70. The van der Waals surface area contributed by atoms with Crippen molar-refractivity contribution in [2.24, 2.45) is 0 Å². The summed E-state index contributed by atoms with van der Waals surface area (Å²) < 4.78 is 7.00. The normalized spacial score (nSPS) is 10.3. The highest BCUT2D eigenvalue weighted by Crippen LogP contribution is 2.16. The molecule has 2 rings (SSSR count). The Morgan fingerprint density at radius 3 is 2.56 bits per heavy atom. The van der Waals surface area contributed by atoms with Crippen LogP contribution >= 0.6 is 0 Å². The molecule has 0 saturated heterocycles. The Kier molecular flexibility index (Phi) is 3.32. The quantitative estimate of drug-likeness (QED) is 0.898. The molecule has 0 aliphatic carbocycles. The van der Waals surface area contributed by atoms with Crippen LogP contribution in [0.2, 0.25) is 0 Å². The summed E-state index contributed by atoms with van der Waals surface area (Å²) >= 11 is 0. The van der Waals surface area contributed by atoms with E-state index in [-0.39, 0.29) is 12.4 Å². The van der Waals surface area contributed by atoms with Crippen molar-refractivity contribution in [2.75, 3.05) is 0 Å². The molecule has 18 heavy (non-hydrogen) atoms. The molecule has 0 bridgehead atoms. The molecule has 5 heteroatoms. The van der Waals surface area contributed by atoms with Crippen LogP contribution in [-0.4, -0.2) is 20.9 Å². The molecular formula is C13H14N2O3. The van der Waals surface area contributed by atoms with E-state index in [0.717, 1.165) is 16.9 Å². The van der Waals surface area contributed by atoms with Crippen molar-refractivity contribution in [2.45, 2.75) is 20.6 Å². The van der Waals surface area contributed by atoms with Gasteiger partial charge < -0.3 is 9.84 Å². The minimum Gasteiger partial charge on any atom is -0.476 e. The van der Waals surface area contributed by atoms with Crippen molar-refractivity contribution in [3.05, 3.63) is 47.3 Å². The number of benzene rings is 1. The molecule has 0 atom stereocenters. The van der Waals surface area contributed by atoms with Crippen molar-refractivity contribution in [1.82, 2.24) is 9.78 Å². The second-order valence-electron chi connectivity index (χ2n) is 4.14. The summed E-state index contributed by atoms with van der Waals surface area (Å²) in [6.07, 6.45) is 1.58. The first-order valence-electron chi connectivity index (χ1n) is 5.52. The number of carbonyl (C=O) groups is 1. The maximum atomic E-state index is 10.7. The van der Waals surface area contributed by atoms with E-state index in [9.17, 15) is 4.79 Å². The van der Waals surface area contributed by atoms with Gasteiger partial charge in [0, 0.05) is 6.20 Å². The molecule has 0 aliphatic rings. The highest BCUT2D eigenvalue weighted by molar-refractivity contribution is 5.84. The molecule has 5 nitrogen and oxygen atoms in total. The van der Waals surface area contributed by atoms with E-state index < -0.39 is 5.97 Å². The van der Waals surface area contributed by atoms with Crippen LogP contribution in [0.25, 0.3) is 0 Å². The predicted octanol–water partition coefficient (Wildman–Crippen LogP) is 2.23. The molecule has 0 spiro atoms. The third-order valence-corrected chi connectivity index (χ3v) is 2.42. The summed E-state index contributed by atoms with van der Waals surface area (Å²) in [5, 5.41) is 12.6. The van der Waals surface area contributed by atoms with Crippen molar-refractivity contribution in [3.63, 3.8) is 0 Å². The molecule has 0 radical (unpaired) electrons. The number of aromatic carboxylic acids is 1. The number of hydrogen-bond acceptors (Lipinski definition) is 3. The van der Waals surface area contributed by atoms with Gasteiger partial charge in [-0.3, -0.25) is 0 Å². The average molecular weight is 246 g/mol. The SMILES string of the molecule is Cc1cc(C)cc(OCn2ccc(C(=O)O)n2)c1. The summed E-state index contributed by atoms with van der Waals surface area (Å²) in [6.45, 7) is 4.18.